The van der Waals surface area contributed by atoms with Gasteiger partial charge in [-0.2, -0.15) is 0 Å². The van der Waals surface area contributed by atoms with Crippen LogP contribution in [-0.2, 0) is 16.0 Å². The van der Waals surface area contributed by atoms with E-state index in [1.54, 1.807) is 0 Å². The highest BCUT2D eigenvalue weighted by Gasteiger charge is 2.29. The molecule has 3 N–H and O–H groups in total. The van der Waals surface area contributed by atoms with Crippen LogP contribution in [0.3, 0.4) is 0 Å². The smallest absolute Gasteiger partial charge is 0.249 e. The molecule has 2 aromatic rings. The first-order valence-corrected chi connectivity index (χ1v) is 7.20. The Kier molecular flexibility index (Phi) is 4.12. The van der Waals surface area contributed by atoms with Crippen molar-refractivity contribution in [3.63, 3.8) is 0 Å². The van der Waals surface area contributed by atoms with Crippen LogP contribution < -0.4 is 11.1 Å². The maximum Gasteiger partial charge on any atom is 0.249 e. The predicted octanol–water partition coefficient (Wildman–Crippen LogP) is -0.106. The van der Waals surface area contributed by atoms with Gasteiger partial charge in [-0.05, 0) is 25.0 Å². The summed E-state index contributed by atoms with van der Waals surface area (Å²) in [6.45, 7) is 0.983. The number of ether oxygens (including phenoxy) is 1. The highest BCUT2D eigenvalue weighted by molar-refractivity contribution is 5.81. The zero-order chi connectivity index (χ0) is 14.7. The van der Waals surface area contributed by atoms with Crippen molar-refractivity contribution in [2.45, 2.75) is 31.5 Å². The van der Waals surface area contributed by atoms with Crippen molar-refractivity contribution in [3.05, 3.63) is 30.2 Å². The van der Waals surface area contributed by atoms with E-state index >= 15 is 0 Å². The summed E-state index contributed by atoms with van der Waals surface area (Å²) in [5.41, 5.74) is 6.35. The molecular weight excluding hydrogens is 270 g/mol. The molecule has 1 fully saturated rings. The van der Waals surface area contributed by atoms with E-state index in [4.69, 9.17) is 10.5 Å². The molecule has 1 aliphatic rings. The Hall–Kier alpha value is -1.99. The third kappa shape index (κ3) is 3.03. The molecule has 0 spiro atoms. The van der Waals surface area contributed by atoms with E-state index in [0.29, 0.717) is 19.5 Å². The van der Waals surface area contributed by atoms with E-state index in [1.807, 2.05) is 28.8 Å². The van der Waals surface area contributed by atoms with Crippen molar-refractivity contribution in [2.24, 2.45) is 5.73 Å². The summed E-state index contributed by atoms with van der Waals surface area (Å²) in [7, 11) is 0. The van der Waals surface area contributed by atoms with Crippen molar-refractivity contribution in [2.75, 3.05) is 13.1 Å². The molecule has 1 amide bonds. The van der Waals surface area contributed by atoms with E-state index in [0.717, 1.165) is 24.3 Å². The molecule has 1 saturated heterocycles. The molecule has 1 aliphatic heterocycles. The van der Waals surface area contributed by atoms with Crippen LogP contribution >= 0.6 is 0 Å². The lowest BCUT2D eigenvalue weighted by molar-refractivity contribution is -0.131. The molecule has 21 heavy (non-hydrogen) atoms. The second-order valence-corrected chi connectivity index (χ2v) is 5.15. The van der Waals surface area contributed by atoms with E-state index in [1.165, 1.54) is 0 Å². The molecule has 7 nitrogen and oxygen atoms in total. The van der Waals surface area contributed by atoms with Crippen LogP contribution in [0.4, 0.5) is 0 Å². The van der Waals surface area contributed by atoms with Crippen molar-refractivity contribution in [1.82, 2.24) is 19.9 Å². The highest BCUT2D eigenvalue weighted by atomic mass is 16.5. The number of nitrogens with one attached hydrogen (secondary N) is 1. The van der Waals surface area contributed by atoms with Gasteiger partial charge in [0.15, 0.2) is 5.65 Å². The van der Waals surface area contributed by atoms with Crippen LogP contribution in [-0.4, -0.2) is 45.8 Å². The van der Waals surface area contributed by atoms with Crippen LogP contribution in [0.1, 0.15) is 18.7 Å². The zero-order valence-corrected chi connectivity index (χ0v) is 11.7. The van der Waals surface area contributed by atoms with Gasteiger partial charge in [-0.3, -0.25) is 9.20 Å². The maximum atomic E-state index is 12.0. The quantitative estimate of drug-likeness (QED) is 0.801. The molecule has 2 atom stereocenters. The van der Waals surface area contributed by atoms with Gasteiger partial charge >= 0.3 is 0 Å². The number of pyridine rings is 1. The van der Waals surface area contributed by atoms with Crippen molar-refractivity contribution < 1.29 is 9.53 Å². The molecule has 2 unspecified atom stereocenters. The first-order chi connectivity index (χ1) is 10.3. The average molecular weight is 289 g/mol. The monoisotopic (exact) mass is 289 g/mol. The summed E-state index contributed by atoms with van der Waals surface area (Å²) in [5.74, 6) is 0.762. The number of nitrogens with two attached hydrogens (primary N) is 1. The first-order valence-electron chi connectivity index (χ1n) is 7.20. The van der Waals surface area contributed by atoms with Crippen LogP contribution in [0.15, 0.2) is 24.4 Å². The number of carbonyl (C=O) groups is 1. The second kappa shape index (κ2) is 6.19. The lowest BCUT2D eigenvalue weighted by Crippen LogP contribution is -2.36. The fourth-order valence-electron chi connectivity index (χ4n) is 2.54. The molecule has 3 rings (SSSR count). The minimum absolute atomic E-state index is 0.0150. The first kappa shape index (κ1) is 14.0. The number of aromatic nitrogens is 3. The van der Waals surface area contributed by atoms with Crippen LogP contribution in [0, 0.1) is 0 Å². The van der Waals surface area contributed by atoms with Gasteiger partial charge in [0.1, 0.15) is 11.9 Å². The minimum Gasteiger partial charge on any atom is -0.364 e. The normalized spacial score (nSPS) is 21.8. The predicted molar refractivity (Wildman–Crippen MR) is 76.7 cm³/mol. The molecule has 0 bridgehead atoms. The van der Waals surface area contributed by atoms with E-state index < -0.39 is 0 Å². The van der Waals surface area contributed by atoms with Crippen LogP contribution in [0.5, 0.6) is 0 Å². The Morgan fingerprint density at radius 3 is 3.14 bits per heavy atom. The Morgan fingerprint density at radius 1 is 1.43 bits per heavy atom. The lowest BCUT2D eigenvalue weighted by Gasteiger charge is -2.12. The number of fused-ring (bicyclic) bond motifs is 1. The molecule has 3 heterocycles. The fourth-order valence-corrected chi connectivity index (χ4v) is 2.54. The number of carbonyl (C=O) groups excluding carboxylic acids is 1. The van der Waals surface area contributed by atoms with E-state index in [-0.39, 0.29) is 18.1 Å². The molecular formula is C14H19N5O2. The fraction of sp³-hybridized carbons (Fsp3) is 0.500. The van der Waals surface area contributed by atoms with Gasteiger partial charge in [-0.1, -0.05) is 6.07 Å². The highest BCUT2D eigenvalue weighted by Crippen LogP contribution is 2.18. The molecule has 0 aliphatic carbocycles. The summed E-state index contributed by atoms with van der Waals surface area (Å²) < 4.78 is 7.48. The number of rotatable bonds is 5. The molecule has 112 valence electrons. The Morgan fingerprint density at radius 2 is 2.33 bits per heavy atom. The van der Waals surface area contributed by atoms with Gasteiger partial charge in [0, 0.05) is 25.7 Å². The standard InChI is InChI=1S/C14H19N5O2/c15-9-10-4-5-11(21-10)14(20)16-7-6-13-18-17-12-3-1-2-8-19(12)13/h1-3,8,10-11H,4-7,9,15H2,(H,16,20). The molecule has 0 saturated carbocycles. The van der Waals surface area contributed by atoms with Crippen molar-refractivity contribution >= 4 is 11.6 Å². The largest absolute Gasteiger partial charge is 0.364 e. The Bertz CT molecular complexity index is 627. The minimum atomic E-state index is -0.367. The topological polar surface area (TPSA) is 94.5 Å². The maximum absolute atomic E-state index is 12.0. The summed E-state index contributed by atoms with van der Waals surface area (Å²) >= 11 is 0. The van der Waals surface area contributed by atoms with Gasteiger partial charge in [0.05, 0.1) is 6.10 Å². The summed E-state index contributed by atoms with van der Waals surface area (Å²) in [4.78, 5) is 12.0. The summed E-state index contributed by atoms with van der Waals surface area (Å²) in [6.07, 6.45) is 3.78. The molecule has 7 heteroatoms. The second-order valence-electron chi connectivity index (χ2n) is 5.15. The van der Waals surface area contributed by atoms with E-state index in [9.17, 15) is 4.79 Å². The SMILES string of the molecule is NCC1CCC(C(=O)NCCc2nnc3ccccn23)O1. The van der Waals surface area contributed by atoms with Gasteiger partial charge < -0.3 is 15.8 Å². The van der Waals surface area contributed by atoms with Crippen molar-refractivity contribution in [1.29, 1.82) is 0 Å². The number of hydrogen-bond acceptors (Lipinski definition) is 5. The summed E-state index contributed by atoms with van der Waals surface area (Å²) in [5, 5.41) is 11.1. The summed E-state index contributed by atoms with van der Waals surface area (Å²) in [6, 6.07) is 5.74. The third-order valence-corrected chi connectivity index (χ3v) is 3.70. The molecule has 2 aromatic heterocycles. The van der Waals surface area contributed by atoms with Crippen LogP contribution in [0.25, 0.3) is 5.65 Å². The third-order valence-electron chi connectivity index (χ3n) is 3.70. The number of hydrogen-bond donors (Lipinski definition) is 2. The molecule has 0 radical (unpaired) electrons. The van der Waals surface area contributed by atoms with E-state index in [2.05, 4.69) is 15.5 Å². The average Bonchev–Trinajstić information content (AvgIpc) is 3.14. The lowest BCUT2D eigenvalue weighted by atomic mass is 10.2. The van der Waals surface area contributed by atoms with Gasteiger partial charge in [0.25, 0.3) is 0 Å². The van der Waals surface area contributed by atoms with Crippen LogP contribution in [0.2, 0.25) is 0 Å². The van der Waals surface area contributed by atoms with Gasteiger partial charge in [-0.15, -0.1) is 10.2 Å². The van der Waals surface area contributed by atoms with Crippen molar-refractivity contribution in [3.8, 4) is 0 Å². The van der Waals surface area contributed by atoms with Gasteiger partial charge in [0.2, 0.25) is 5.91 Å². The Labute approximate surface area is 122 Å². The molecule has 0 aromatic carbocycles. The number of nitrogens with zero attached hydrogens (tertiary/aromatic N) is 3. The van der Waals surface area contributed by atoms with Gasteiger partial charge in [-0.25, -0.2) is 0 Å². The Balaban J connectivity index is 1.51. The number of amides is 1. The zero-order valence-electron chi connectivity index (χ0n) is 11.7.